The van der Waals surface area contributed by atoms with Crippen LogP contribution in [0.3, 0.4) is 0 Å². The largest absolute Gasteiger partial charge is 0.354 e. The van der Waals surface area contributed by atoms with Gasteiger partial charge in [0, 0.05) is 31.5 Å². The van der Waals surface area contributed by atoms with E-state index in [1.54, 1.807) is 23.4 Å². The van der Waals surface area contributed by atoms with Gasteiger partial charge in [-0.2, -0.15) is 9.78 Å². The fourth-order valence-electron chi connectivity index (χ4n) is 3.55. The SMILES string of the molecule is CC(C)c1cc(NC(=O)N2CCNC(=O)C[C@@H]2c2ccccc2)n(-c2ncccn2)n1. The molecule has 2 aromatic heterocycles. The van der Waals surface area contributed by atoms with Crippen LogP contribution in [0.5, 0.6) is 0 Å². The highest BCUT2D eigenvalue weighted by Gasteiger charge is 2.30. The molecule has 9 heteroatoms. The van der Waals surface area contributed by atoms with Gasteiger partial charge < -0.3 is 10.2 Å². The highest BCUT2D eigenvalue weighted by molar-refractivity contribution is 5.90. The number of benzene rings is 1. The number of rotatable bonds is 4. The summed E-state index contributed by atoms with van der Waals surface area (Å²) in [6.45, 7) is 4.85. The van der Waals surface area contributed by atoms with Gasteiger partial charge in [-0.15, -0.1) is 0 Å². The molecule has 0 spiro atoms. The van der Waals surface area contributed by atoms with Crippen LogP contribution < -0.4 is 10.6 Å². The van der Waals surface area contributed by atoms with E-state index in [0.29, 0.717) is 24.9 Å². The van der Waals surface area contributed by atoms with Crippen molar-refractivity contribution in [1.82, 2.24) is 30.0 Å². The van der Waals surface area contributed by atoms with Crippen molar-refractivity contribution in [3.63, 3.8) is 0 Å². The van der Waals surface area contributed by atoms with Crippen LogP contribution in [0.2, 0.25) is 0 Å². The van der Waals surface area contributed by atoms with E-state index in [4.69, 9.17) is 0 Å². The molecule has 1 fully saturated rings. The third kappa shape index (κ3) is 4.55. The van der Waals surface area contributed by atoms with E-state index in [9.17, 15) is 9.59 Å². The maximum Gasteiger partial charge on any atom is 0.323 e. The summed E-state index contributed by atoms with van der Waals surface area (Å²) in [5.74, 6) is 0.943. The van der Waals surface area contributed by atoms with Crippen molar-refractivity contribution >= 4 is 17.8 Å². The standard InChI is InChI=1S/C22H25N7O2/c1-15(2)17-13-19(29(27-17)21-24-9-6-10-25-21)26-22(31)28-12-11-23-20(30)14-18(28)16-7-4-3-5-8-16/h3-10,13,15,18H,11-12,14H2,1-2H3,(H,23,30)(H,26,31)/t18-/m1/s1. The Balaban J connectivity index is 1.65. The second-order valence-corrected chi connectivity index (χ2v) is 7.67. The van der Waals surface area contributed by atoms with Crippen LogP contribution in [0.25, 0.3) is 5.95 Å². The predicted octanol–water partition coefficient (Wildman–Crippen LogP) is 2.88. The zero-order valence-electron chi connectivity index (χ0n) is 17.5. The van der Waals surface area contributed by atoms with Gasteiger partial charge in [-0.05, 0) is 17.5 Å². The minimum absolute atomic E-state index is 0.0750. The average molecular weight is 419 g/mol. The molecule has 0 aliphatic carbocycles. The Kier molecular flexibility index (Phi) is 5.92. The van der Waals surface area contributed by atoms with Gasteiger partial charge in [0.2, 0.25) is 5.91 Å². The van der Waals surface area contributed by atoms with Crippen LogP contribution in [-0.4, -0.2) is 49.7 Å². The second-order valence-electron chi connectivity index (χ2n) is 7.67. The van der Waals surface area contributed by atoms with Crippen molar-refractivity contribution in [2.24, 2.45) is 0 Å². The third-order valence-electron chi connectivity index (χ3n) is 5.17. The topological polar surface area (TPSA) is 105 Å². The van der Waals surface area contributed by atoms with E-state index in [-0.39, 0.29) is 30.3 Å². The summed E-state index contributed by atoms with van der Waals surface area (Å²) >= 11 is 0. The number of hydrogen-bond donors (Lipinski definition) is 2. The molecule has 0 radical (unpaired) electrons. The predicted molar refractivity (Wildman–Crippen MR) is 116 cm³/mol. The zero-order valence-corrected chi connectivity index (χ0v) is 17.5. The molecule has 1 aliphatic heterocycles. The first-order valence-electron chi connectivity index (χ1n) is 10.3. The molecule has 31 heavy (non-hydrogen) atoms. The van der Waals surface area contributed by atoms with Gasteiger partial charge in [-0.25, -0.2) is 14.8 Å². The molecule has 1 atom stereocenters. The fraction of sp³-hybridized carbons (Fsp3) is 0.318. The number of urea groups is 1. The maximum atomic E-state index is 13.4. The molecule has 1 aliphatic rings. The highest BCUT2D eigenvalue weighted by Crippen LogP contribution is 2.27. The molecule has 1 aromatic carbocycles. The summed E-state index contributed by atoms with van der Waals surface area (Å²) in [7, 11) is 0. The van der Waals surface area contributed by atoms with E-state index < -0.39 is 0 Å². The molecular formula is C22H25N7O2. The van der Waals surface area contributed by atoms with Crippen molar-refractivity contribution in [3.05, 3.63) is 66.1 Å². The third-order valence-corrected chi connectivity index (χ3v) is 5.17. The summed E-state index contributed by atoms with van der Waals surface area (Å²) in [5.41, 5.74) is 1.73. The quantitative estimate of drug-likeness (QED) is 0.677. The Hall–Kier alpha value is -3.75. The molecule has 1 saturated heterocycles. The van der Waals surface area contributed by atoms with Crippen molar-refractivity contribution < 1.29 is 9.59 Å². The molecule has 4 rings (SSSR count). The van der Waals surface area contributed by atoms with Gasteiger partial charge in [0.1, 0.15) is 5.82 Å². The lowest BCUT2D eigenvalue weighted by atomic mass is 10.0. The zero-order chi connectivity index (χ0) is 21.8. The van der Waals surface area contributed by atoms with Gasteiger partial charge in [0.05, 0.1) is 18.2 Å². The second kappa shape index (κ2) is 8.95. The molecule has 3 heterocycles. The molecule has 2 N–H and O–H groups in total. The first kappa shape index (κ1) is 20.5. The van der Waals surface area contributed by atoms with E-state index in [1.165, 1.54) is 4.68 Å². The summed E-state index contributed by atoms with van der Waals surface area (Å²) in [6.07, 6.45) is 3.46. The Bertz CT molecular complexity index is 1050. The Morgan fingerprint density at radius 3 is 2.61 bits per heavy atom. The first-order chi connectivity index (χ1) is 15.0. The fourth-order valence-corrected chi connectivity index (χ4v) is 3.55. The summed E-state index contributed by atoms with van der Waals surface area (Å²) in [5, 5.41) is 10.4. The number of anilines is 1. The smallest absolute Gasteiger partial charge is 0.323 e. The molecule has 160 valence electrons. The van der Waals surface area contributed by atoms with E-state index >= 15 is 0 Å². The Labute approximate surface area is 180 Å². The Morgan fingerprint density at radius 2 is 1.90 bits per heavy atom. The number of carbonyl (C=O) groups is 2. The normalized spacial score (nSPS) is 16.7. The lowest BCUT2D eigenvalue weighted by molar-refractivity contribution is -0.121. The molecular weight excluding hydrogens is 394 g/mol. The van der Waals surface area contributed by atoms with E-state index in [0.717, 1.165) is 11.3 Å². The monoisotopic (exact) mass is 419 g/mol. The van der Waals surface area contributed by atoms with Crippen molar-refractivity contribution in [2.75, 3.05) is 18.4 Å². The maximum absolute atomic E-state index is 13.4. The van der Waals surface area contributed by atoms with Crippen LogP contribution in [0, 0.1) is 0 Å². The Morgan fingerprint density at radius 1 is 1.16 bits per heavy atom. The van der Waals surface area contributed by atoms with E-state index in [2.05, 4.69) is 25.7 Å². The van der Waals surface area contributed by atoms with E-state index in [1.807, 2.05) is 50.2 Å². The van der Waals surface area contributed by atoms with Gasteiger partial charge in [-0.1, -0.05) is 44.2 Å². The molecule has 0 unspecified atom stereocenters. The molecule has 3 aromatic rings. The van der Waals surface area contributed by atoms with Crippen LogP contribution in [0.1, 0.15) is 43.5 Å². The number of carbonyl (C=O) groups excluding carboxylic acids is 2. The average Bonchev–Trinajstić information content (AvgIpc) is 3.10. The highest BCUT2D eigenvalue weighted by atomic mass is 16.2. The summed E-state index contributed by atoms with van der Waals surface area (Å²) in [4.78, 5) is 35.8. The molecule has 9 nitrogen and oxygen atoms in total. The lowest BCUT2D eigenvalue weighted by Gasteiger charge is -2.29. The molecule has 3 amide bonds. The van der Waals surface area contributed by atoms with Crippen molar-refractivity contribution in [2.45, 2.75) is 32.2 Å². The number of aromatic nitrogens is 4. The number of amides is 3. The first-order valence-corrected chi connectivity index (χ1v) is 10.3. The minimum atomic E-state index is -0.363. The molecule has 0 saturated carbocycles. The van der Waals surface area contributed by atoms with Crippen LogP contribution in [0.4, 0.5) is 10.6 Å². The molecule has 0 bridgehead atoms. The van der Waals surface area contributed by atoms with Crippen LogP contribution in [-0.2, 0) is 4.79 Å². The minimum Gasteiger partial charge on any atom is -0.354 e. The van der Waals surface area contributed by atoms with Crippen molar-refractivity contribution in [3.8, 4) is 5.95 Å². The van der Waals surface area contributed by atoms with Crippen LogP contribution >= 0.6 is 0 Å². The lowest BCUT2D eigenvalue weighted by Crippen LogP contribution is -2.40. The number of hydrogen-bond acceptors (Lipinski definition) is 5. The van der Waals surface area contributed by atoms with Gasteiger partial charge in [0.15, 0.2) is 0 Å². The van der Waals surface area contributed by atoms with Crippen LogP contribution in [0.15, 0.2) is 54.9 Å². The summed E-state index contributed by atoms with van der Waals surface area (Å²) in [6, 6.07) is 12.5. The number of nitrogens with one attached hydrogen (secondary N) is 2. The van der Waals surface area contributed by atoms with Gasteiger partial charge in [0.25, 0.3) is 5.95 Å². The van der Waals surface area contributed by atoms with Gasteiger partial charge in [-0.3, -0.25) is 10.1 Å². The van der Waals surface area contributed by atoms with Gasteiger partial charge >= 0.3 is 6.03 Å². The van der Waals surface area contributed by atoms with Crippen molar-refractivity contribution in [1.29, 1.82) is 0 Å². The summed E-state index contributed by atoms with van der Waals surface area (Å²) < 4.78 is 1.53. The number of nitrogens with zero attached hydrogens (tertiary/aromatic N) is 5.